The van der Waals surface area contributed by atoms with Crippen molar-refractivity contribution in [2.24, 2.45) is 5.92 Å². The predicted octanol–water partition coefficient (Wildman–Crippen LogP) is 3.60. The van der Waals surface area contributed by atoms with Gasteiger partial charge in [0.1, 0.15) is 6.10 Å². The number of nitrogens with zero attached hydrogens (tertiary/aromatic N) is 1. The number of methoxy groups -OCH3 is 1. The summed E-state index contributed by atoms with van der Waals surface area (Å²) in [6.45, 7) is 2.00. The van der Waals surface area contributed by atoms with Crippen LogP contribution < -0.4 is 9.47 Å². The molecule has 5 heteroatoms. The zero-order valence-corrected chi connectivity index (χ0v) is 17.2. The Bertz CT molecular complexity index is 745. The van der Waals surface area contributed by atoms with Gasteiger partial charge < -0.3 is 19.5 Å². The highest BCUT2D eigenvalue weighted by Gasteiger charge is 2.56. The van der Waals surface area contributed by atoms with Gasteiger partial charge in [0.15, 0.2) is 11.5 Å². The average molecular weight is 422 g/mol. The van der Waals surface area contributed by atoms with Gasteiger partial charge in [-0.1, -0.05) is 17.7 Å². The molecule has 4 nitrogen and oxygen atoms in total. The predicted molar refractivity (Wildman–Crippen MR) is 106 cm³/mol. The van der Waals surface area contributed by atoms with Crippen molar-refractivity contribution >= 4 is 17.0 Å². The summed E-state index contributed by atoms with van der Waals surface area (Å²) in [7, 11) is 3.92. The maximum atomic E-state index is 10.5. The zero-order valence-electron chi connectivity index (χ0n) is 15.5. The molecule has 1 N–H and O–H groups in total. The van der Waals surface area contributed by atoms with E-state index in [-0.39, 0.29) is 28.5 Å². The molecule has 2 heterocycles. The Morgan fingerprint density at radius 3 is 2.88 bits per heavy atom. The molecule has 0 radical (unpaired) electrons. The Morgan fingerprint density at radius 2 is 2.15 bits per heavy atom. The fraction of sp³-hybridized carbons (Fsp3) is 0.619. The summed E-state index contributed by atoms with van der Waals surface area (Å²) in [6, 6.07) is 4.26. The smallest absolute Gasteiger partial charge is 0.166 e. The number of hydrogen-bond donors (Lipinski definition) is 1. The summed E-state index contributed by atoms with van der Waals surface area (Å²) in [4.78, 5) is 2.41. The van der Waals surface area contributed by atoms with Gasteiger partial charge >= 0.3 is 0 Å². The maximum Gasteiger partial charge on any atom is 0.166 e. The van der Waals surface area contributed by atoms with Crippen LogP contribution in [-0.2, 0) is 12.0 Å². The quantitative estimate of drug-likeness (QED) is 0.756. The van der Waals surface area contributed by atoms with Crippen molar-refractivity contribution in [3.63, 3.8) is 0 Å². The number of hydrogen-bond acceptors (Lipinski definition) is 4. The molecule has 0 bridgehead atoms. The van der Waals surface area contributed by atoms with Gasteiger partial charge in [-0.2, -0.15) is 0 Å². The summed E-state index contributed by atoms with van der Waals surface area (Å²) in [5.74, 6) is 2.55. The van der Waals surface area contributed by atoms with Crippen molar-refractivity contribution < 1.29 is 14.6 Å². The molecule has 1 aromatic rings. The first-order valence-electron chi connectivity index (χ1n) is 9.56. The van der Waals surface area contributed by atoms with Crippen LogP contribution in [0.5, 0.6) is 11.5 Å². The van der Waals surface area contributed by atoms with Crippen LogP contribution in [0.2, 0.25) is 0 Å². The normalized spacial score (nSPS) is 32.5. The molecule has 0 unspecified atom stereocenters. The molecule has 1 spiro atoms. The SMILES string of the molecule is Br.COc1ccc2c3c1O[C@H]1C[C@@H](O)C=C(CC4CC4)[C@@]31CCN(C)C2. The lowest BCUT2D eigenvalue weighted by Crippen LogP contribution is -2.46. The van der Waals surface area contributed by atoms with E-state index in [9.17, 15) is 5.11 Å². The minimum absolute atomic E-state index is 0. The highest BCUT2D eigenvalue weighted by atomic mass is 79.9. The van der Waals surface area contributed by atoms with Crippen molar-refractivity contribution in [2.75, 3.05) is 20.7 Å². The van der Waals surface area contributed by atoms with Gasteiger partial charge in [-0.25, -0.2) is 0 Å². The van der Waals surface area contributed by atoms with Crippen LogP contribution in [0.3, 0.4) is 0 Å². The molecular formula is C21H28BrNO3. The van der Waals surface area contributed by atoms with Gasteiger partial charge in [0, 0.05) is 18.5 Å². The zero-order chi connectivity index (χ0) is 17.2. The largest absolute Gasteiger partial charge is 0.493 e. The Kier molecular flexibility index (Phi) is 4.61. The van der Waals surface area contributed by atoms with Gasteiger partial charge in [0.2, 0.25) is 0 Å². The van der Waals surface area contributed by atoms with Crippen LogP contribution in [0.4, 0.5) is 0 Å². The van der Waals surface area contributed by atoms with Crippen molar-refractivity contribution in [3.8, 4) is 11.5 Å². The highest BCUT2D eigenvalue weighted by molar-refractivity contribution is 8.93. The average Bonchev–Trinajstić information content (AvgIpc) is 3.34. The van der Waals surface area contributed by atoms with Crippen LogP contribution in [0, 0.1) is 5.92 Å². The first kappa shape index (κ1) is 18.3. The molecular weight excluding hydrogens is 394 g/mol. The van der Waals surface area contributed by atoms with Gasteiger partial charge in [-0.05, 0) is 56.8 Å². The second-order valence-corrected chi connectivity index (χ2v) is 8.34. The fourth-order valence-electron chi connectivity index (χ4n) is 5.26. The molecule has 1 fully saturated rings. The molecule has 142 valence electrons. The third-order valence-electron chi connectivity index (χ3n) is 6.64. The van der Waals surface area contributed by atoms with Crippen LogP contribution in [0.15, 0.2) is 23.8 Å². The Balaban J connectivity index is 0.00000168. The molecule has 3 atom stereocenters. The molecule has 2 aliphatic carbocycles. The molecule has 1 aromatic carbocycles. The summed E-state index contributed by atoms with van der Waals surface area (Å²) >= 11 is 0. The van der Waals surface area contributed by atoms with E-state index < -0.39 is 6.10 Å². The van der Waals surface area contributed by atoms with E-state index in [1.165, 1.54) is 29.5 Å². The number of ether oxygens (including phenoxy) is 2. The molecule has 0 saturated heterocycles. The summed E-state index contributed by atoms with van der Waals surface area (Å²) in [5, 5.41) is 10.5. The third-order valence-corrected chi connectivity index (χ3v) is 6.64. The molecule has 0 amide bonds. The topological polar surface area (TPSA) is 41.9 Å². The standard InChI is InChI=1S/C21H27NO3.BrH/c1-22-8-7-21-15(9-13-3-4-13)10-16(23)11-18(21)25-20-17(24-2)6-5-14(12-22)19(20)21;/h5-6,10,13,16,18,23H,3-4,7-9,11-12H2,1-2H3;1H/t16-,18-,21+;/m0./s1. The first-order valence-corrected chi connectivity index (χ1v) is 9.56. The number of aliphatic hydroxyl groups is 1. The Labute approximate surface area is 165 Å². The van der Waals surface area contributed by atoms with Crippen molar-refractivity contribution in [2.45, 2.75) is 56.3 Å². The van der Waals surface area contributed by atoms with Crippen LogP contribution >= 0.6 is 17.0 Å². The van der Waals surface area contributed by atoms with E-state index in [0.29, 0.717) is 6.42 Å². The van der Waals surface area contributed by atoms with Crippen LogP contribution in [-0.4, -0.2) is 42.9 Å². The lowest BCUT2D eigenvalue weighted by molar-refractivity contribution is 0.0740. The third kappa shape index (κ3) is 2.62. The summed E-state index contributed by atoms with van der Waals surface area (Å²) in [5.41, 5.74) is 4.05. The van der Waals surface area contributed by atoms with E-state index >= 15 is 0 Å². The number of benzene rings is 1. The van der Waals surface area contributed by atoms with Crippen molar-refractivity contribution in [1.82, 2.24) is 4.90 Å². The second-order valence-electron chi connectivity index (χ2n) is 8.34. The number of halogens is 1. The molecule has 26 heavy (non-hydrogen) atoms. The molecule has 5 rings (SSSR count). The summed E-state index contributed by atoms with van der Waals surface area (Å²) < 4.78 is 12.1. The minimum atomic E-state index is -0.394. The van der Waals surface area contributed by atoms with Gasteiger partial charge in [0.05, 0.1) is 18.6 Å². The second kappa shape index (κ2) is 6.54. The lowest BCUT2D eigenvalue weighted by atomic mass is 9.63. The highest BCUT2D eigenvalue weighted by Crippen LogP contribution is 2.60. The lowest BCUT2D eigenvalue weighted by Gasteiger charge is -2.41. The van der Waals surface area contributed by atoms with Crippen LogP contribution in [0.25, 0.3) is 0 Å². The Morgan fingerprint density at radius 1 is 1.35 bits per heavy atom. The van der Waals surface area contributed by atoms with Crippen molar-refractivity contribution in [1.29, 1.82) is 0 Å². The van der Waals surface area contributed by atoms with E-state index in [2.05, 4.69) is 24.1 Å². The number of aliphatic hydroxyl groups excluding tert-OH is 1. The van der Waals surface area contributed by atoms with E-state index in [0.717, 1.165) is 43.3 Å². The summed E-state index contributed by atoms with van der Waals surface area (Å²) in [6.07, 6.45) is 7.28. The fourth-order valence-corrected chi connectivity index (χ4v) is 5.26. The first-order chi connectivity index (χ1) is 12.1. The number of rotatable bonds is 3. The van der Waals surface area contributed by atoms with Gasteiger partial charge in [-0.3, -0.25) is 0 Å². The molecule has 2 aliphatic heterocycles. The molecule has 0 aromatic heterocycles. The monoisotopic (exact) mass is 421 g/mol. The minimum Gasteiger partial charge on any atom is -0.493 e. The van der Waals surface area contributed by atoms with E-state index in [1.54, 1.807) is 7.11 Å². The van der Waals surface area contributed by atoms with E-state index in [1.807, 2.05) is 6.07 Å². The van der Waals surface area contributed by atoms with Gasteiger partial charge in [0.25, 0.3) is 0 Å². The van der Waals surface area contributed by atoms with Gasteiger partial charge in [-0.15, -0.1) is 17.0 Å². The van der Waals surface area contributed by atoms with E-state index in [4.69, 9.17) is 9.47 Å². The maximum absolute atomic E-state index is 10.5. The Hall–Kier alpha value is -1.04. The van der Waals surface area contributed by atoms with Crippen molar-refractivity contribution in [3.05, 3.63) is 34.9 Å². The van der Waals surface area contributed by atoms with Crippen LogP contribution in [0.1, 0.15) is 43.2 Å². The molecule has 4 aliphatic rings. The molecule has 1 saturated carbocycles.